The molecule has 0 fully saturated rings. The van der Waals surface area contributed by atoms with E-state index in [0.717, 1.165) is 0 Å². The molecule has 1 spiro atoms. The summed E-state index contributed by atoms with van der Waals surface area (Å²) in [6, 6.07) is 41.1. The van der Waals surface area contributed by atoms with Crippen molar-refractivity contribution in [3.8, 4) is 33.4 Å². The van der Waals surface area contributed by atoms with E-state index in [1.54, 1.807) is 0 Å². The summed E-state index contributed by atoms with van der Waals surface area (Å²) in [4.78, 5) is 0. The fourth-order valence-corrected chi connectivity index (χ4v) is 6.32. The second-order valence-electron chi connectivity index (χ2n) is 9.48. The van der Waals surface area contributed by atoms with Crippen LogP contribution in [0.25, 0.3) is 33.4 Å². The van der Waals surface area contributed by atoms with Gasteiger partial charge in [-0.1, -0.05) is 120 Å². The first-order valence-electron chi connectivity index (χ1n) is 11.7. The van der Waals surface area contributed by atoms with Gasteiger partial charge in [0.15, 0.2) is 0 Å². The Morgan fingerprint density at radius 2 is 0.818 bits per heavy atom. The molecule has 0 amide bonds. The van der Waals surface area contributed by atoms with Crippen molar-refractivity contribution in [3.63, 3.8) is 0 Å². The number of rotatable bonds is 0. The molecule has 0 N–H and O–H groups in total. The molecule has 2 aliphatic rings. The lowest BCUT2D eigenvalue weighted by Gasteiger charge is -2.35. The number of hydrogen-bond donors (Lipinski definition) is 0. The van der Waals surface area contributed by atoms with Crippen LogP contribution in [-0.2, 0) is 5.41 Å². The van der Waals surface area contributed by atoms with Gasteiger partial charge in [-0.05, 0) is 69.5 Å². The van der Waals surface area contributed by atoms with Crippen molar-refractivity contribution in [2.75, 3.05) is 0 Å². The Balaban J connectivity index is 1.78. The molecule has 5 aromatic rings. The van der Waals surface area contributed by atoms with Gasteiger partial charge >= 0.3 is 0 Å². The van der Waals surface area contributed by atoms with Gasteiger partial charge in [0, 0.05) is 0 Å². The molecule has 0 nitrogen and oxygen atoms in total. The normalized spacial score (nSPS) is 16.9. The third-order valence-electron chi connectivity index (χ3n) is 7.62. The van der Waals surface area contributed by atoms with Crippen molar-refractivity contribution >= 4 is 0 Å². The molecule has 5 aromatic carbocycles. The highest BCUT2D eigenvalue weighted by Gasteiger charge is 2.49. The van der Waals surface area contributed by atoms with Crippen LogP contribution in [0.5, 0.6) is 0 Å². The van der Waals surface area contributed by atoms with Crippen LogP contribution < -0.4 is 0 Å². The first kappa shape index (κ1) is 18.7. The quantitative estimate of drug-likeness (QED) is 0.231. The molecule has 0 saturated carbocycles. The summed E-state index contributed by atoms with van der Waals surface area (Å²) in [5.41, 5.74) is 15.8. The number of aryl methyl sites for hydroxylation is 2. The summed E-state index contributed by atoms with van der Waals surface area (Å²) in [6.45, 7) is 4.41. The van der Waals surface area contributed by atoms with Gasteiger partial charge in [0.2, 0.25) is 0 Å². The third kappa shape index (κ3) is 2.31. The fourth-order valence-electron chi connectivity index (χ4n) is 6.32. The van der Waals surface area contributed by atoms with Crippen molar-refractivity contribution in [1.82, 2.24) is 0 Å². The summed E-state index contributed by atoms with van der Waals surface area (Å²) in [6.07, 6.45) is 0. The van der Waals surface area contributed by atoms with E-state index in [1.807, 2.05) is 0 Å². The van der Waals surface area contributed by atoms with Gasteiger partial charge in [-0.15, -0.1) is 0 Å². The maximum Gasteiger partial charge on any atom is 0.0725 e. The lowest BCUT2D eigenvalue weighted by atomic mass is 9.65. The molecule has 0 heteroatoms. The summed E-state index contributed by atoms with van der Waals surface area (Å²) in [5, 5.41) is 0. The third-order valence-corrected chi connectivity index (χ3v) is 7.62. The van der Waals surface area contributed by atoms with E-state index in [9.17, 15) is 0 Å². The molecule has 33 heavy (non-hydrogen) atoms. The molecule has 0 saturated heterocycles. The summed E-state index contributed by atoms with van der Waals surface area (Å²) >= 11 is 0. The lowest BCUT2D eigenvalue weighted by Crippen LogP contribution is -2.29. The van der Waals surface area contributed by atoms with Crippen molar-refractivity contribution in [1.29, 1.82) is 0 Å². The second-order valence-corrected chi connectivity index (χ2v) is 9.48. The molecule has 1 unspecified atom stereocenters. The highest BCUT2D eigenvalue weighted by Crippen LogP contribution is 2.61. The molecule has 0 radical (unpaired) electrons. The molecule has 0 heterocycles. The molecule has 1 atom stereocenters. The minimum atomic E-state index is -0.351. The van der Waals surface area contributed by atoms with E-state index in [4.69, 9.17) is 0 Å². The molecule has 0 aromatic heterocycles. The Bertz CT molecular complexity index is 1590. The highest BCUT2D eigenvalue weighted by molar-refractivity contribution is 5.97. The molecular weight excluding hydrogens is 396 g/mol. The second kappa shape index (κ2) is 6.56. The Morgan fingerprint density at radius 1 is 0.364 bits per heavy atom. The molecular formula is C33H24. The predicted molar refractivity (Wildman–Crippen MR) is 138 cm³/mol. The van der Waals surface area contributed by atoms with Crippen LogP contribution in [0.15, 0.2) is 109 Å². The zero-order valence-electron chi connectivity index (χ0n) is 18.9. The Labute approximate surface area is 195 Å². The van der Waals surface area contributed by atoms with Crippen molar-refractivity contribution < 1.29 is 0 Å². The highest BCUT2D eigenvalue weighted by atomic mass is 14.5. The standard InChI is InChI=1S/C33H24/c1-21-16-18-31-28(19-21)26-12-6-8-14-30(26)33(31)29-13-7-5-11-25(29)23-9-3-4-10-24(23)27-17-15-22(2)20-32(27)33/h3-20H,1-2H3. The number of hydrogen-bond acceptors (Lipinski definition) is 0. The van der Waals surface area contributed by atoms with Crippen LogP contribution in [0.2, 0.25) is 0 Å². The van der Waals surface area contributed by atoms with Crippen molar-refractivity contribution in [2.45, 2.75) is 19.3 Å². The first-order valence-corrected chi connectivity index (χ1v) is 11.7. The van der Waals surface area contributed by atoms with Crippen LogP contribution in [-0.4, -0.2) is 0 Å². The minimum Gasteiger partial charge on any atom is -0.0619 e. The topological polar surface area (TPSA) is 0 Å². The molecule has 156 valence electrons. The van der Waals surface area contributed by atoms with E-state index in [0.29, 0.717) is 0 Å². The van der Waals surface area contributed by atoms with Gasteiger partial charge in [0.05, 0.1) is 5.41 Å². The van der Waals surface area contributed by atoms with E-state index in [-0.39, 0.29) is 5.41 Å². The van der Waals surface area contributed by atoms with E-state index in [2.05, 4.69) is 123 Å². The maximum atomic E-state index is 2.43. The van der Waals surface area contributed by atoms with Crippen LogP contribution in [0.4, 0.5) is 0 Å². The van der Waals surface area contributed by atoms with Gasteiger partial charge in [0.25, 0.3) is 0 Å². The summed E-state index contributed by atoms with van der Waals surface area (Å²) in [5.74, 6) is 0. The largest absolute Gasteiger partial charge is 0.0725 e. The fraction of sp³-hybridized carbons (Fsp3) is 0.0909. The molecule has 0 bridgehead atoms. The zero-order chi connectivity index (χ0) is 22.2. The van der Waals surface area contributed by atoms with E-state index >= 15 is 0 Å². The molecule has 0 aliphatic heterocycles. The van der Waals surface area contributed by atoms with Gasteiger partial charge < -0.3 is 0 Å². The molecule has 2 aliphatic carbocycles. The monoisotopic (exact) mass is 420 g/mol. The Morgan fingerprint density at radius 3 is 1.48 bits per heavy atom. The van der Waals surface area contributed by atoms with E-state index < -0.39 is 0 Å². The Hall–Kier alpha value is -3.90. The first-order chi connectivity index (χ1) is 16.2. The zero-order valence-corrected chi connectivity index (χ0v) is 18.9. The minimum absolute atomic E-state index is 0.351. The van der Waals surface area contributed by atoms with Crippen LogP contribution >= 0.6 is 0 Å². The van der Waals surface area contributed by atoms with Crippen LogP contribution in [0.1, 0.15) is 33.4 Å². The van der Waals surface area contributed by atoms with Crippen LogP contribution in [0.3, 0.4) is 0 Å². The van der Waals surface area contributed by atoms with E-state index in [1.165, 1.54) is 66.8 Å². The lowest BCUT2D eigenvalue weighted by molar-refractivity contribution is 0.774. The smallest absolute Gasteiger partial charge is 0.0619 e. The maximum absolute atomic E-state index is 2.43. The van der Waals surface area contributed by atoms with Crippen molar-refractivity contribution in [3.05, 3.63) is 143 Å². The van der Waals surface area contributed by atoms with Gasteiger partial charge in [-0.3, -0.25) is 0 Å². The molecule has 7 rings (SSSR count). The average Bonchev–Trinajstić information content (AvgIpc) is 3.08. The van der Waals surface area contributed by atoms with Crippen molar-refractivity contribution in [2.24, 2.45) is 0 Å². The SMILES string of the molecule is Cc1ccc2c(c1)-c1ccccc1C21c2ccccc2-c2ccccc2-c2ccc(C)cc21. The van der Waals surface area contributed by atoms with Gasteiger partial charge in [-0.25, -0.2) is 0 Å². The van der Waals surface area contributed by atoms with Gasteiger partial charge in [-0.2, -0.15) is 0 Å². The van der Waals surface area contributed by atoms with Gasteiger partial charge in [0.1, 0.15) is 0 Å². The summed E-state index contributed by atoms with van der Waals surface area (Å²) < 4.78 is 0. The Kier molecular flexibility index (Phi) is 3.71. The average molecular weight is 421 g/mol. The summed E-state index contributed by atoms with van der Waals surface area (Å²) in [7, 11) is 0. The predicted octanol–water partition coefficient (Wildman–Crippen LogP) is 8.31. The number of benzene rings is 5. The number of fused-ring (bicyclic) bond motifs is 12. The van der Waals surface area contributed by atoms with Crippen LogP contribution in [0, 0.1) is 13.8 Å².